The van der Waals surface area contributed by atoms with Gasteiger partial charge in [-0.25, -0.2) is 13.2 Å². The number of ether oxygens (including phenoxy) is 4. The van der Waals surface area contributed by atoms with Gasteiger partial charge >= 0.3 is 6.09 Å². The molecule has 12 nitrogen and oxygen atoms in total. The fraction of sp³-hybridized carbons (Fsp3) is 0.432. The molecule has 2 saturated heterocycles. The normalized spacial score (nSPS) is 20.7. The minimum Gasteiger partial charge on any atom is -0.465 e. The molecule has 1 unspecified atom stereocenters. The van der Waals surface area contributed by atoms with Crippen molar-refractivity contribution >= 4 is 16.1 Å². The van der Waals surface area contributed by atoms with E-state index in [-0.39, 0.29) is 37.2 Å². The van der Waals surface area contributed by atoms with Gasteiger partial charge in [0.25, 0.3) is 0 Å². The van der Waals surface area contributed by atoms with Crippen molar-refractivity contribution in [3.63, 3.8) is 0 Å². The molecule has 7 rings (SSSR count). The van der Waals surface area contributed by atoms with E-state index < -0.39 is 51.9 Å². The van der Waals surface area contributed by atoms with Crippen molar-refractivity contribution in [2.45, 2.75) is 75.6 Å². The zero-order valence-corrected chi connectivity index (χ0v) is 33.3. The number of hydrogen-bond acceptors (Lipinski definition) is 9. The van der Waals surface area contributed by atoms with Crippen molar-refractivity contribution in [1.82, 2.24) is 14.5 Å². The van der Waals surface area contributed by atoms with Crippen LogP contribution in [0.1, 0.15) is 43.4 Å². The third-order valence-corrected chi connectivity index (χ3v) is 13.2. The van der Waals surface area contributed by atoms with Gasteiger partial charge in [0.15, 0.2) is 17.8 Å². The highest BCUT2D eigenvalue weighted by atomic mass is 32.2. The second kappa shape index (κ2) is 18.0. The summed E-state index contributed by atoms with van der Waals surface area (Å²) in [5.41, 5.74) is 2.51. The largest absolute Gasteiger partial charge is 0.465 e. The SMILES string of the molecule is CC(C)(CCN(Cc1ccccc1)Cc1ccccc1)CN([C@H](C1CO[C@H]2OCC[C@@H]12)[C@H](O)[C@H](Cc1ccccc1)NC(=O)O)S(=O)(=O)c1ccc2c(c1)OCO2. The van der Waals surface area contributed by atoms with Crippen molar-refractivity contribution < 1.29 is 42.4 Å². The van der Waals surface area contributed by atoms with Crippen LogP contribution in [0, 0.1) is 17.3 Å². The van der Waals surface area contributed by atoms with Gasteiger partial charge in [-0.05, 0) is 60.0 Å². The second-order valence-corrected chi connectivity index (χ2v) is 18.0. The van der Waals surface area contributed by atoms with Gasteiger partial charge in [-0.1, -0.05) is 105 Å². The summed E-state index contributed by atoms with van der Waals surface area (Å²) in [7, 11) is -4.38. The van der Waals surface area contributed by atoms with Gasteiger partial charge in [0.2, 0.25) is 16.8 Å². The van der Waals surface area contributed by atoms with Gasteiger partial charge in [-0.3, -0.25) is 4.90 Å². The standard InChI is InChI=1S/C44H53N3O9S/c1-44(2,21-22-46(26-32-14-8-4-9-15-32)27-33-16-10-5-11-17-33)29-47(57(51,52)34-18-19-38-39(25-34)56-30-55-38)40(36-28-54-42-35(36)20-23-53-42)41(48)37(45-43(49)50)24-31-12-6-3-7-13-31/h3-19,25,35-37,40-42,45,48H,20-24,26-30H2,1-2H3,(H,49,50)/t35-,36?,37-,40+,41+,42+/m0/s1. The number of benzene rings is 4. The van der Waals surface area contributed by atoms with E-state index in [1.165, 1.54) is 27.6 Å². The van der Waals surface area contributed by atoms with Crippen LogP contribution in [0.5, 0.6) is 11.5 Å². The third-order valence-electron chi connectivity index (χ3n) is 11.4. The topological polar surface area (TPSA) is 147 Å². The number of hydrogen-bond donors (Lipinski definition) is 3. The summed E-state index contributed by atoms with van der Waals surface area (Å²) in [6, 6.07) is 32.2. The van der Waals surface area contributed by atoms with E-state index in [4.69, 9.17) is 18.9 Å². The van der Waals surface area contributed by atoms with Crippen LogP contribution >= 0.6 is 0 Å². The Morgan fingerprint density at radius 1 is 0.860 bits per heavy atom. The van der Waals surface area contributed by atoms with Gasteiger partial charge in [0.05, 0.1) is 36.3 Å². The lowest BCUT2D eigenvalue weighted by atomic mass is 9.80. The van der Waals surface area contributed by atoms with Crippen molar-refractivity contribution in [2.75, 3.05) is 33.1 Å². The molecule has 3 aliphatic rings. The molecular formula is C44H53N3O9S. The van der Waals surface area contributed by atoms with Gasteiger partial charge < -0.3 is 34.5 Å². The summed E-state index contributed by atoms with van der Waals surface area (Å²) in [6.07, 6.45) is -1.97. The first-order valence-corrected chi connectivity index (χ1v) is 21.1. The Hall–Kier alpha value is -4.50. The van der Waals surface area contributed by atoms with E-state index in [1.54, 1.807) is 6.07 Å². The molecule has 3 heterocycles. The minimum absolute atomic E-state index is 0.0153. The highest BCUT2D eigenvalue weighted by Crippen LogP contribution is 2.43. The molecule has 4 aromatic carbocycles. The molecule has 1 amide bonds. The first-order valence-electron chi connectivity index (χ1n) is 19.6. The van der Waals surface area contributed by atoms with Crippen LogP contribution in [0.3, 0.4) is 0 Å². The second-order valence-electron chi connectivity index (χ2n) is 16.1. The Labute approximate surface area is 335 Å². The maximum absolute atomic E-state index is 15.3. The molecular weight excluding hydrogens is 747 g/mol. The van der Waals surface area contributed by atoms with E-state index in [2.05, 4.69) is 34.5 Å². The fourth-order valence-corrected chi connectivity index (χ4v) is 10.3. The molecule has 3 aliphatic heterocycles. The first kappa shape index (κ1) is 40.7. The summed E-state index contributed by atoms with van der Waals surface area (Å²) in [6.45, 7) is 6.74. The Morgan fingerprint density at radius 2 is 1.47 bits per heavy atom. The van der Waals surface area contributed by atoms with Crippen LogP contribution in [-0.4, -0.2) is 91.5 Å². The first-order chi connectivity index (χ1) is 27.5. The van der Waals surface area contributed by atoms with Crippen LogP contribution in [0.2, 0.25) is 0 Å². The third kappa shape index (κ3) is 9.97. The Kier molecular flexibility index (Phi) is 12.8. The maximum Gasteiger partial charge on any atom is 0.404 e. The van der Waals surface area contributed by atoms with Crippen LogP contribution in [-0.2, 0) is 39.0 Å². The highest BCUT2D eigenvalue weighted by molar-refractivity contribution is 7.89. The van der Waals surface area contributed by atoms with Gasteiger partial charge in [0, 0.05) is 37.5 Å². The Bertz CT molecular complexity index is 2000. The number of nitrogens with one attached hydrogen (secondary N) is 1. The van der Waals surface area contributed by atoms with Crippen molar-refractivity contribution in [1.29, 1.82) is 0 Å². The molecule has 2 fully saturated rings. The number of sulfonamides is 1. The quantitative estimate of drug-likeness (QED) is 0.107. The van der Waals surface area contributed by atoms with Gasteiger partial charge in [0.1, 0.15) is 0 Å². The highest BCUT2D eigenvalue weighted by Gasteiger charge is 2.53. The predicted molar refractivity (Wildman–Crippen MR) is 214 cm³/mol. The number of aliphatic hydroxyl groups excluding tert-OH is 1. The number of rotatable bonds is 18. The van der Waals surface area contributed by atoms with E-state index in [0.29, 0.717) is 50.6 Å². The summed E-state index contributed by atoms with van der Waals surface area (Å²) >= 11 is 0. The Balaban J connectivity index is 1.26. The summed E-state index contributed by atoms with van der Waals surface area (Å²) in [5.74, 6) is 0.0381. The molecule has 0 bridgehead atoms. The number of carbonyl (C=O) groups is 1. The van der Waals surface area contributed by atoms with Gasteiger partial charge in [-0.2, -0.15) is 4.31 Å². The number of amides is 1. The molecule has 13 heteroatoms. The lowest BCUT2D eigenvalue weighted by molar-refractivity contribution is -0.0907. The Morgan fingerprint density at radius 3 is 2.11 bits per heavy atom. The summed E-state index contributed by atoms with van der Waals surface area (Å²) in [4.78, 5) is 14.7. The molecule has 3 N–H and O–H groups in total. The zero-order valence-electron chi connectivity index (χ0n) is 32.5. The molecule has 0 radical (unpaired) electrons. The van der Waals surface area contributed by atoms with Crippen LogP contribution in [0.4, 0.5) is 4.79 Å². The number of fused-ring (bicyclic) bond motifs is 2. The van der Waals surface area contributed by atoms with Crippen LogP contribution in [0.15, 0.2) is 114 Å². The molecule has 4 aromatic rings. The van der Waals surface area contributed by atoms with E-state index in [9.17, 15) is 15.0 Å². The predicted octanol–water partition coefficient (Wildman–Crippen LogP) is 6.14. The van der Waals surface area contributed by atoms with E-state index in [1.807, 2.05) is 80.6 Å². The van der Waals surface area contributed by atoms with E-state index in [0.717, 1.165) is 5.56 Å². The zero-order chi connectivity index (χ0) is 40.0. The molecule has 0 aliphatic carbocycles. The smallest absolute Gasteiger partial charge is 0.404 e. The minimum atomic E-state index is -4.38. The number of nitrogens with zero attached hydrogens (tertiary/aromatic N) is 2. The molecule has 0 aromatic heterocycles. The average molecular weight is 800 g/mol. The van der Waals surface area contributed by atoms with Gasteiger partial charge in [-0.15, -0.1) is 0 Å². The van der Waals surface area contributed by atoms with Crippen LogP contribution in [0.25, 0.3) is 0 Å². The fourth-order valence-electron chi connectivity index (χ4n) is 8.39. The monoisotopic (exact) mass is 799 g/mol. The molecule has 57 heavy (non-hydrogen) atoms. The average Bonchev–Trinajstić information content (AvgIpc) is 3.96. The van der Waals surface area contributed by atoms with Crippen molar-refractivity contribution in [3.8, 4) is 11.5 Å². The van der Waals surface area contributed by atoms with Crippen LogP contribution < -0.4 is 14.8 Å². The lowest BCUT2D eigenvalue weighted by Gasteiger charge is -2.44. The maximum atomic E-state index is 15.3. The number of carboxylic acid groups (broad SMARTS) is 1. The summed E-state index contributed by atoms with van der Waals surface area (Å²) < 4.78 is 55.2. The molecule has 0 saturated carbocycles. The van der Waals surface area contributed by atoms with Crippen molar-refractivity contribution in [2.24, 2.45) is 17.3 Å². The molecule has 6 atom stereocenters. The lowest BCUT2D eigenvalue weighted by Crippen LogP contribution is -2.61. The number of aliphatic hydroxyl groups is 1. The summed E-state index contributed by atoms with van der Waals surface area (Å²) in [5, 5.41) is 25.3. The van der Waals surface area contributed by atoms with Crippen molar-refractivity contribution in [3.05, 3.63) is 126 Å². The van der Waals surface area contributed by atoms with E-state index >= 15 is 8.42 Å². The molecule has 304 valence electrons. The molecule has 0 spiro atoms.